The van der Waals surface area contributed by atoms with Gasteiger partial charge in [-0.1, -0.05) is 0 Å². The Hall–Kier alpha value is -1.56. The monoisotopic (exact) mass is 354 g/mol. The van der Waals surface area contributed by atoms with Crippen molar-refractivity contribution in [2.24, 2.45) is 0 Å². The van der Waals surface area contributed by atoms with Gasteiger partial charge in [0.1, 0.15) is 0 Å². The fourth-order valence-corrected chi connectivity index (χ4v) is 4.24. The molecule has 0 spiro atoms. The van der Waals surface area contributed by atoms with E-state index in [2.05, 4.69) is 12.1 Å². The minimum absolute atomic E-state index is 0.670. The van der Waals surface area contributed by atoms with Crippen molar-refractivity contribution in [1.82, 2.24) is 0 Å². The van der Waals surface area contributed by atoms with Crippen LogP contribution in [0, 0.1) is 0 Å². The van der Waals surface area contributed by atoms with Gasteiger partial charge in [-0.25, -0.2) is 0 Å². The second kappa shape index (κ2) is 6.39. The number of hydrogen-bond acceptors (Lipinski definition) is 1. The summed E-state index contributed by atoms with van der Waals surface area (Å²) in [6.45, 7) is 0. The van der Waals surface area contributed by atoms with Crippen molar-refractivity contribution in [3.05, 3.63) is 72.3 Å². The molecule has 0 aliphatic rings. The van der Waals surface area contributed by atoms with Crippen LogP contribution in [0.15, 0.2) is 66.7 Å². The summed E-state index contributed by atoms with van der Waals surface area (Å²) in [6, 6.07) is 19.8. The standard InChI is InChI=1S/C15H12O2Te/c16-15(17)11-14(12-7-3-1-4-8-12)18-13-9-5-2-6-10-13/h1-11H,(H,16,17)/b14-11-. The summed E-state index contributed by atoms with van der Waals surface area (Å²) in [5, 5.41) is 8.97. The van der Waals surface area contributed by atoms with Crippen molar-refractivity contribution in [2.75, 3.05) is 0 Å². The van der Waals surface area contributed by atoms with Crippen molar-refractivity contribution in [2.45, 2.75) is 0 Å². The molecule has 0 unspecified atom stereocenters. The summed E-state index contributed by atoms with van der Waals surface area (Å²) in [5.74, 6) is -0.880. The molecule has 0 aliphatic heterocycles. The van der Waals surface area contributed by atoms with Gasteiger partial charge in [0.05, 0.1) is 0 Å². The Morgan fingerprint density at radius 2 is 1.50 bits per heavy atom. The number of carbonyl (C=O) groups is 1. The Morgan fingerprint density at radius 1 is 0.944 bits per heavy atom. The van der Waals surface area contributed by atoms with E-state index in [1.165, 1.54) is 9.69 Å². The predicted octanol–water partition coefficient (Wildman–Crippen LogP) is 2.14. The quantitative estimate of drug-likeness (QED) is 0.677. The van der Waals surface area contributed by atoms with Gasteiger partial charge >= 0.3 is 116 Å². The zero-order chi connectivity index (χ0) is 12.8. The van der Waals surface area contributed by atoms with Gasteiger partial charge in [0.15, 0.2) is 0 Å². The maximum atomic E-state index is 10.9. The first-order chi connectivity index (χ1) is 8.75. The number of rotatable bonds is 4. The third-order valence-corrected chi connectivity index (χ3v) is 5.37. The van der Waals surface area contributed by atoms with Crippen LogP contribution in [0.25, 0.3) is 3.62 Å². The van der Waals surface area contributed by atoms with Crippen LogP contribution in [-0.4, -0.2) is 32.0 Å². The van der Waals surface area contributed by atoms with Gasteiger partial charge in [0.2, 0.25) is 0 Å². The number of carboxylic acids is 1. The molecule has 0 amide bonds. The molecule has 1 N–H and O–H groups in total. The average molecular weight is 352 g/mol. The predicted molar refractivity (Wildman–Crippen MR) is 73.9 cm³/mol. The molecular weight excluding hydrogens is 340 g/mol. The third kappa shape index (κ3) is 3.73. The molecule has 0 saturated carbocycles. The van der Waals surface area contributed by atoms with Crippen molar-refractivity contribution in [3.63, 3.8) is 0 Å². The van der Waals surface area contributed by atoms with Gasteiger partial charge in [-0.15, -0.1) is 0 Å². The zero-order valence-electron chi connectivity index (χ0n) is 9.61. The molecule has 2 nitrogen and oxygen atoms in total. The Morgan fingerprint density at radius 3 is 2.06 bits per heavy atom. The van der Waals surface area contributed by atoms with Crippen LogP contribution >= 0.6 is 0 Å². The molecule has 2 rings (SSSR count). The number of hydrogen-bond donors (Lipinski definition) is 1. The van der Waals surface area contributed by atoms with Crippen LogP contribution in [0.1, 0.15) is 5.56 Å². The maximum absolute atomic E-state index is 10.9. The van der Waals surface area contributed by atoms with Gasteiger partial charge in [0, 0.05) is 0 Å². The minimum atomic E-state index is -0.880. The van der Waals surface area contributed by atoms with Crippen LogP contribution < -0.4 is 3.61 Å². The number of carboxylic acid groups (broad SMARTS) is 1. The molecule has 3 heteroatoms. The van der Waals surface area contributed by atoms with Crippen molar-refractivity contribution in [3.8, 4) is 0 Å². The van der Waals surface area contributed by atoms with E-state index in [0.717, 1.165) is 9.18 Å². The van der Waals surface area contributed by atoms with Crippen molar-refractivity contribution < 1.29 is 9.90 Å². The summed E-state index contributed by atoms with van der Waals surface area (Å²) in [6.07, 6.45) is 1.34. The zero-order valence-corrected chi connectivity index (χ0v) is 11.9. The normalized spacial score (nSPS) is 11.2. The molecule has 18 heavy (non-hydrogen) atoms. The Labute approximate surface area is 116 Å². The molecule has 0 fully saturated rings. The summed E-state index contributed by atoms with van der Waals surface area (Å²) >= 11 is -0.670. The molecule has 0 radical (unpaired) electrons. The molecule has 0 bridgehead atoms. The average Bonchev–Trinajstić information content (AvgIpc) is 2.40. The third-order valence-electron chi connectivity index (χ3n) is 2.28. The van der Waals surface area contributed by atoms with Crippen LogP contribution in [0.5, 0.6) is 0 Å². The molecule has 0 saturated heterocycles. The topological polar surface area (TPSA) is 37.3 Å². The van der Waals surface area contributed by atoms with E-state index in [1.807, 2.05) is 48.5 Å². The van der Waals surface area contributed by atoms with E-state index in [0.29, 0.717) is 0 Å². The Balaban J connectivity index is 2.31. The molecular formula is C15H12O2Te. The van der Waals surface area contributed by atoms with Crippen molar-refractivity contribution in [1.29, 1.82) is 0 Å². The van der Waals surface area contributed by atoms with Crippen molar-refractivity contribution >= 4 is 34.1 Å². The van der Waals surface area contributed by atoms with E-state index in [4.69, 9.17) is 5.11 Å². The fraction of sp³-hybridized carbons (Fsp3) is 0. The first-order valence-electron chi connectivity index (χ1n) is 5.48. The van der Waals surface area contributed by atoms with E-state index < -0.39 is 26.9 Å². The molecule has 2 aromatic carbocycles. The van der Waals surface area contributed by atoms with E-state index in [1.54, 1.807) is 0 Å². The van der Waals surface area contributed by atoms with Crippen LogP contribution in [-0.2, 0) is 4.79 Å². The summed E-state index contributed by atoms with van der Waals surface area (Å²) in [5.41, 5.74) is 1.01. The van der Waals surface area contributed by atoms with Gasteiger partial charge < -0.3 is 0 Å². The molecule has 2 aromatic rings. The number of benzene rings is 2. The second-order valence-electron chi connectivity index (χ2n) is 3.63. The number of aliphatic carboxylic acids is 1. The van der Waals surface area contributed by atoms with Crippen LogP contribution in [0.2, 0.25) is 0 Å². The molecule has 0 heterocycles. The van der Waals surface area contributed by atoms with Crippen LogP contribution in [0.3, 0.4) is 0 Å². The van der Waals surface area contributed by atoms with E-state index in [-0.39, 0.29) is 0 Å². The molecule has 90 valence electrons. The van der Waals surface area contributed by atoms with Gasteiger partial charge in [-0.05, 0) is 0 Å². The van der Waals surface area contributed by atoms with E-state index >= 15 is 0 Å². The summed E-state index contributed by atoms with van der Waals surface area (Å²) in [4.78, 5) is 10.9. The molecule has 0 aliphatic carbocycles. The van der Waals surface area contributed by atoms with E-state index in [9.17, 15) is 4.79 Å². The first kappa shape index (κ1) is 12.9. The van der Waals surface area contributed by atoms with Gasteiger partial charge in [-0.3, -0.25) is 0 Å². The SMILES string of the molecule is O=C(O)/C=C(\[Te]c1ccccc1)c1ccccc1. The van der Waals surface area contributed by atoms with Gasteiger partial charge in [-0.2, -0.15) is 0 Å². The Bertz CT molecular complexity index is 547. The Kier molecular flexibility index (Phi) is 4.58. The fourth-order valence-electron chi connectivity index (χ4n) is 1.50. The molecule has 0 atom stereocenters. The summed E-state index contributed by atoms with van der Waals surface area (Å²) < 4.78 is 2.18. The molecule has 0 aromatic heterocycles. The summed E-state index contributed by atoms with van der Waals surface area (Å²) in [7, 11) is 0. The first-order valence-corrected chi connectivity index (χ1v) is 7.82. The van der Waals surface area contributed by atoms with Gasteiger partial charge in [0.25, 0.3) is 0 Å². The second-order valence-corrected chi connectivity index (χ2v) is 6.81. The van der Waals surface area contributed by atoms with Crippen LogP contribution in [0.4, 0.5) is 0 Å².